The summed E-state index contributed by atoms with van der Waals surface area (Å²) < 4.78 is 5.36. The predicted octanol–water partition coefficient (Wildman–Crippen LogP) is 2.98. The van der Waals surface area contributed by atoms with Crippen LogP contribution in [-0.4, -0.2) is 34.7 Å². The zero-order chi connectivity index (χ0) is 15.5. The predicted molar refractivity (Wildman–Crippen MR) is 79.4 cm³/mol. The highest BCUT2D eigenvalue weighted by Crippen LogP contribution is 2.23. The number of rotatable bonds is 1. The molecule has 2 heterocycles. The summed E-state index contributed by atoms with van der Waals surface area (Å²) in [7, 11) is 0. The largest absolute Gasteiger partial charge is 0.444 e. The summed E-state index contributed by atoms with van der Waals surface area (Å²) in [6, 6.07) is 3.91. The van der Waals surface area contributed by atoms with Crippen LogP contribution in [0, 0.1) is 11.3 Å². The lowest BCUT2D eigenvalue weighted by molar-refractivity contribution is 0.0270. The van der Waals surface area contributed by atoms with Crippen LogP contribution in [0.1, 0.15) is 38.3 Å². The van der Waals surface area contributed by atoms with Gasteiger partial charge in [-0.15, -0.1) is 0 Å². The first-order valence-electron chi connectivity index (χ1n) is 6.91. The minimum atomic E-state index is -0.480. The Morgan fingerprint density at radius 1 is 1.43 bits per heavy atom. The minimum absolute atomic E-state index is 0.290. The molecule has 0 unspecified atom stereocenters. The quantitative estimate of drug-likeness (QED) is 0.795. The van der Waals surface area contributed by atoms with Crippen LogP contribution in [-0.2, 0) is 4.74 Å². The molecule has 0 atom stereocenters. The highest BCUT2D eigenvalue weighted by molar-refractivity contribution is 5.72. The van der Waals surface area contributed by atoms with Gasteiger partial charge in [-0.05, 0) is 44.4 Å². The van der Waals surface area contributed by atoms with Gasteiger partial charge in [0.2, 0.25) is 0 Å². The van der Waals surface area contributed by atoms with Crippen LogP contribution in [0.2, 0.25) is 0 Å². The molecule has 1 aliphatic heterocycles. The summed E-state index contributed by atoms with van der Waals surface area (Å²) in [4.78, 5) is 17.7. The Bertz CT molecular complexity index is 609. The lowest BCUT2D eigenvalue weighted by atomic mass is 10.0. The van der Waals surface area contributed by atoms with Gasteiger partial charge in [0.1, 0.15) is 11.7 Å². The number of carbonyl (C=O) groups excluding carboxylic acids is 1. The molecule has 0 fully saturated rings. The molecule has 0 saturated carbocycles. The molecule has 0 saturated heterocycles. The maximum absolute atomic E-state index is 12.0. The second kappa shape index (κ2) is 5.96. The van der Waals surface area contributed by atoms with Crippen LogP contribution in [0.25, 0.3) is 5.57 Å². The first kappa shape index (κ1) is 15.0. The van der Waals surface area contributed by atoms with E-state index >= 15 is 0 Å². The zero-order valence-electron chi connectivity index (χ0n) is 12.6. The van der Waals surface area contributed by atoms with Gasteiger partial charge in [-0.25, -0.2) is 4.79 Å². The Kier molecular flexibility index (Phi) is 4.27. The molecule has 0 aliphatic carbocycles. The summed E-state index contributed by atoms with van der Waals surface area (Å²) >= 11 is 0. The number of carbonyl (C=O) groups is 1. The molecule has 2 rings (SSSR count). The molecule has 1 amide bonds. The molecular formula is C16H19N3O2. The molecule has 0 radical (unpaired) electrons. The van der Waals surface area contributed by atoms with Crippen molar-refractivity contribution in [1.29, 1.82) is 5.26 Å². The third-order valence-electron chi connectivity index (χ3n) is 3.10. The van der Waals surface area contributed by atoms with Crippen LogP contribution in [0.4, 0.5) is 4.79 Å². The van der Waals surface area contributed by atoms with Gasteiger partial charge in [-0.3, -0.25) is 4.98 Å². The van der Waals surface area contributed by atoms with Gasteiger partial charge in [-0.2, -0.15) is 5.26 Å². The SMILES string of the molecule is CC(C)(C)OC(=O)N1CC=C(c2cncc(C#N)c2)CC1. The van der Waals surface area contributed by atoms with Crippen LogP contribution in [0.5, 0.6) is 0 Å². The number of pyridine rings is 1. The van der Waals surface area contributed by atoms with E-state index in [1.165, 1.54) is 0 Å². The van der Waals surface area contributed by atoms with Gasteiger partial charge in [0.15, 0.2) is 0 Å². The Hall–Kier alpha value is -2.35. The van der Waals surface area contributed by atoms with E-state index in [0.717, 1.165) is 17.6 Å². The fraction of sp³-hybridized carbons (Fsp3) is 0.438. The number of amides is 1. The van der Waals surface area contributed by atoms with Crippen molar-refractivity contribution in [1.82, 2.24) is 9.88 Å². The van der Waals surface area contributed by atoms with E-state index in [0.29, 0.717) is 18.7 Å². The Morgan fingerprint density at radius 2 is 2.19 bits per heavy atom. The number of ether oxygens (including phenoxy) is 1. The monoisotopic (exact) mass is 285 g/mol. The van der Waals surface area contributed by atoms with Crippen molar-refractivity contribution in [2.75, 3.05) is 13.1 Å². The third-order valence-corrected chi connectivity index (χ3v) is 3.10. The Labute approximate surface area is 124 Å². The van der Waals surface area contributed by atoms with Crippen LogP contribution < -0.4 is 0 Å². The Morgan fingerprint density at radius 3 is 2.76 bits per heavy atom. The molecule has 5 nitrogen and oxygen atoms in total. The average Bonchev–Trinajstić information content (AvgIpc) is 2.46. The first-order chi connectivity index (χ1) is 9.89. The maximum Gasteiger partial charge on any atom is 0.410 e. The molecule has 1 aliphatic rings. The average molecular weight is 285 g/mol. The number of nitriles is 1. The second-order valence-corrected chi connectivity index (χ2v) is 5.98. The van der Waals surface area contributed by atoms with Crippen molar-refractivity contribution < 1.29 is 9.53 Å². The molecule has 1 aromatic heterocycles. The number of aromatic nitrogens is 1. The topological polar surface area (TPSA) is 66.2 Å². The Balaban J connectivity index is 2.05. The molecule has 1 aromatic rings. The van der Waals surface area contributed by atoms with Gasteiger partial charge in [0, 0.05) is 25.5 Å². The number of nitrogens with zero attached hydrogens (tertiary/aromatic N) is 3. The molecule has 0 bridgehead atoms. The smallest absolute Gasteiger partial charge is 0.410 e. The van der Waals surface area contributed by atoms with Gasteiger partial charge >= 0.3 is 6.09 Å². The third kappa shape index (κ3) is 4.06. The molecule has 5 heteroatoms. The molecular weight excluding hydrogens is 266 g/mol. The zero-order valence-corrected chi connectivity index (χ0v) is 12.6. The summed E-state index contributed by atoms with van der Waals surface area (Å²) in [5.41, 5.74) is 2.12. The summed E-state index contributed by atoms with van der Waals surface area (Å²) in [6.45, 7) is 6.69. The number of hydrogen-bond acceptors (Lipinski definition) is 4. The molecule has 0 spiro atoms. The second-order valence-electron chi connectivity index (χ2n) is 5.98. The van der Waals surface area contributed by atoms with Gasteiger partial charge < -0.3 is 9.64 Å². The summed E-state index contributed by atoms with van der Waals surface area (Å²) in [5, 5.41) is 8.90. The van der Waals surface area contributed by atoms with E-state index in [9.17, 15) is 4.79 Å². The fourth-order valence-corrected chi connectivity index (χ4v) is 2.10. The van der Waals surface area contributed by atoms with Crippen LogP contribution in [0.15, 0.2) is 24.5 Å². The maximum atomic E-state index is 12.0. The van der Waals surface area contributed by atoms with E-state index in [2.05, 4.69) is 11.1 Å². The minimum Gasteiger partial charge on any atom is -0.444 e. The van der Waals surface area contributed by atoms with Gasteiger partial charge in [0.25, 0.3) is 0 Å². The van der Waals surface area contributed by atoms with E-state index < -0.39 is 5.60 Å². The van der Waals surface area contributed by atoms with Crippen molar-refractivity contribution in [3.63, 3.8) is 0 Å². The normalized spacial score (nSPS) is 15.1. The van der Waals surface area contributed by atoms with Crippen molar-refractivity contribution in [2.24, 2.45) is 0 Å². The van der Waals surface area contributed by atoms with Crippen molar-refractivity contribution >= 4 is 11.7 Å². The summed E-state index contributed by atoms with van der Waals surface area (Å²) in [6.07, 6.45) is 5.72. The van der Waals surface area contributed by atoms with E-state index in [1.54, 1.807) is 17.3 Å². The summed E-state index contributed by atoms with van der Waals surface area (Å²) in [5.74, 6) is 0. The van der Waals surface area contributed by atoms with Crippen molar-refractivity contribution in [2.45, 2.75) is 32.8 Å². The lowest BCUT2D eigenvalue weighted by Crippen LogP contribution is -2.39. The van der Waals surface area contributed by atoms with Gasteiger partial charge in [-0.1, -0.05) is 6.08 Å². The molecule has 0 N–H and O–H groups in total. The molecule has 110 valence electrons. The van der Waals surface area contributed by atoms with E-state index in [4.69, 9.17) is 10.00 Å². The first-order valence-corrected chi connectivity index (χ1v) is 6.91. The molecule has 21 heavy (non-hydrogen) atoms. The van der Waals surface area contributed by atoms with Crippen molar-refractivity contribution in [3.05, 3.63) is 35.7 Å². The van der Waals surface area contributed by atoms with Crippen LogP contribution >= 0.6 is 0 Å². The highest BCUT2D eigenvalue weighted by Gasteiger charge is 2.23. The standard InChI is InChI=1S/C16H19N3O2/c1-16(2,3)21-15(20)19-6-4-13(5-7-19)14-8-12(9-17)10-18-11-14/h4,8,10-11H,5-7H2,1-3H3. The van der Waals surface area contributed by atoms with Gasteiger partial charge in [0.05, 0.1) is 5.56 Å². The molecule has 0 aromatic carbocycles. The lowest BCUT2D eigenvalue weighted by Gasteiger charge is -2.29. The van der Waals surface area contributed by atoms with E-state index in [1.807, 2.05) is 32.9 Å². The van der Waals surface area contributed by atoms with Crippen LogP contribution in [0.3, 0.4) is 0 Å². The highest BCUT2D eigenvalue weighted by atomic mass is 16.6. The fourth-order valence-electron chi connectivity index (χ4n) is 2.10. The van der Waals surface area contributed by atoms with E-state index in [-0.39, 0.29) is 6.09 Å². The van der Waals surface area contributed by atoms with Crippen molar-refractivity contribution in [3.8, 4) is 6.07 Å². The number of hydrogen-bond donors (Lipinski definition) is 0.